The van der Waals surface area contributed by atoms with E-state index < -0.39 is 6.09 Å². The van der Waals surface area contributed by atoms with Gasteiger partial charge in [-0.3, -0.25) is 0 Å². The van der Waals surface area contributed by atoms with Crippen molar-refractivity contribution in [1.29, 1.82) is 0 Å². The van der Waals surface area contributed by atoms with Gasteiger partial charge in [0.2, 0.25) is 0 Å². The Kier molecular flexibility index (Phi) is 2.74. The topological polar surface area (TPSA) is 75.3 Å². The van der Waals surface area contributed by atoms with Crippen LogP contribution in [0.1, 0.15) is 11.1 Å². The molecule has 13 heavy (non-hydrogen) atoms. The van der Waals surface area contributed by atoms with Gasteiger partial charge in [-0.15, -0.1) is 0 Å². The molecule has 1 rings (SSSR count). The zero-order valence-corrected chi connectivity index (χ0v) is 7.37. The number of benzene rings is 1. The predicted octanol–water partition coefficient (Wildman–Crippen LogP) is 1.34. The summed E-state index contributed by atoms with van der Waals surface area (Å²) < 4.78 is 0. The Morgan fingerprint density at radius 1 is 1.62 bits per heavy atom. The normalized spacial score (nSPS) is 9.62. The van der Waals surface area contributed by atoms with E-state index in [1.807, 2.05) is 19.1 Å². The minimum absolute atomic E-state index is 0.291. The summed E-state index contributed by atoms with van der Waals surface area (Å²) in [4.78, 5) is 10.2. The first-order valence-electron chi connectivity index (χ1n) is 3.91. The van der Waals surface area contributed by atoms with Crippen molar-refractivity contribution < 1.29 is 9.90 Å². The number of anilines is 1. The van der Waals surface area contributed by atoms with E-state index in [2.05, 4.69) is 5.32 Å². The zero-order valence-electron chi connectivity index (χ0n) is 7.37. The summed E-state index contributed by atoms with van der Waals surface area (Å²) in [7, 11) is 0. The van der Waals surface area contributed by atoms with Gasteiger partial charge in [-0.25, -0.2) is 4.79 Å². The largest absolute Gasteiger partial charge is 0.465 e. The average molecular weight is 180 g/mol. The number of nitrogens with two attached hydrogens (primary N) is 1. The molecular formula is C9H12N2O2. The molecule has 0 radical (unpaired) electrons. The molecule has 4 heteroatoms. The number of carbonyl (C=O) groups is 1. The van der Waals surface area contributed by atoms with Gasteiger partial charge in [-0.1, -0.05) is 12.1 Å². The maximum Gasteiger partial charge on any atom is 0.404 e. The average Bonchev–Trinajstić information content (AvgIpc) is 2.07. The van der Waals surface area contributed by atoms with Crippen molar-refractivity contribution in [2.24, 2.45) is 0 Å². The van der Waals surface area contributed by atoms with Crippen molar-refractivity contribution in [1.82, 2.24) is 5.32 Å². The maximum absolute atomic E-state index is 10.2. The molecule has 0 aromatic heterocycles. The van der Waals surface area contributed by atoms with E-state index in [4.69, 9.17) is 10.8 Å². The van der Waals surface area contributed by atoms with Gasteiger partial charge in [0, 0.05) is 12.2 Å². The molecule has 0 aliphatic rings. The summed E-state index contributed by atoms with van der Waals surface area (Å²) in [6.07, 6.45) is -1.03. The fourth-order valence-corrected chi connectivity index (χ4v) is 0.978. The van der Waals surface area contributed by atoms with Crippen LogP contribution >= 0.6 is 0 Å². The number of carboxylic acid groups (broad SMARTS) is 1. The fraction of sp³-hybridized carbons (Fsp3) is 0.222. The first-order chi connectivity index (χ1) is 6.09. The SMILES string of the molecule is Cc1ccc(CNC(=O)O)cc1N. The first-order valence-corrected chi connectivity index (χ1v) is 3.91. The van der Waals surface area contributed by atoms with E-state index in [9.17, 15) is 4.79 Å². The van der Waals surface area contributed by atoms with Crippen molar-refractivity contribution in [3.05, 3.63) is 29.3 Å². The van der Waals surface area contributed by atoms with E-state index >= 15 is 0 Å². The smallest absolute Gasteiger partial charge is 0.404 e. The maximum atomic E-state index is 10.2. The summed E-state index contributed by atoms with van der Waals surface area (Å²) >= 11 is 0. The minimum atomic E-state index is -1.03. The van der Waals surface area contributed by atoms with Crippen molar-refractivity contribution >= 4 is 11.8 Å². The highest BCUT2D eigenvalue weighted by Gasteiger charge is 1.98. The molecule has 0 fully saturated rings. The molecule has 4 nitrogen and oxygen atoms in total. The number of amides is 1. The predicted molar refractivity (Wildman–Crippen MR) is 50.5 cm³/mol. The summed E-state index contributed by atoms with van der Waals surface area (Å²) in [5.74, 6) is 0. The van der Waals surface area contributed by atoms with Crippen molar-refractivity contribution in [3.8, 4) is 0 Å². The molecule has 0 saturated heterocycles. The van der Waals surface area contributed by atoms with E-state index in [1.54, 1.807) is 6.07 Å². The Morgan fingerprint density at radius 3 is 2.85 bits per heavy atom. The van der Waals surface area contributed by atoms with Crippen LogP contribution in [0.5, 0.6) is 0 Å². The van der Waals surface area contributed by atoms with Crippen molar-refractivity contribution in [3.63, 3.8) is 0 Å². The molecule has 0 bridgehead atoms. The molecule has 4 N–H and O–H groups in total. The lowest BCUT2D eigenvalue weighted by atomic mass is 10.1. The van der Waals surface area contributed by atoms with Crippen LogP contribution in [0.2, 0.25) is 0 Å². The third kappa shape index (κ3) is 2.66. The first kappa shape index (κ1) is 9.38. The van der Waals surface area contributed by atoms with E-state index in [-0.39, 0.29) is 0 Å². The van der Waals surface area contributed by atoms with Gasteiger partial charge in [0.05, 0.1) is 0 Å². The molecular weight excluding hydrogens is 168 g/mol. The molecule has 70 valence electrons. The Hall–Kier alpha value is -1.71. The van der Waals surface area contributed by atoms with Crippen LogP contribution in [-0.4, -0.2) is 11.2 Å². The molecule has 0 spiro atoms. The third-order valence-corrected chi connectivity index (χ3v) is 1.79. The van der Waals surface area contributed by atoms with Crippen LogP contribution in [0.15, 0.2) is 18.2 Å². The minimum Gasteiger partial charge on any atom is -0.465 e. The van der Waals surface area contributed by atoms with Gasteiger partial charge in [-0.2, -0.15) is 0 Å². The second-order valence-electron chi connectivity index (χ2n) is 2.85. The van der Waals surface area contributed by atoms with Crippen LogP contribution in [0.3, 0.4) is 0 Å². The van der Waals surface area contributed by atoms with Gasteiger partial charge >= 0.3 is 6.09 Å². The second kappa shape index (κ2) is 3.80. The molecule has 1 amide bonds. The number of nitrogen functional groups attached to an aromatic ring is 1. The van der Waals surface area contributed by atoms with E-state index in [0.717, 1.165) is 11.1 Å². The molecule has 1 aromatic carbocycles. The second-order valence-corrected chi connectivity index (χ2v) is 2.85. The lowest BCUT2D eigenvalue weighted by Gasteiger charge is -2.04. The van der Waals surface area contributed by atoms with E-state index in [1.165, 1.54) is 0 Å². The summed E-state index contributed by atoms with van der Waals surface area (Å²) in [6.45, 7) is 2.20. The number of nitrogens with one attached hydrogen (secondary N) is 1. The van der Waals surface area contributed by atoms with Crippen LogP contribution < -0.4 is 11.1 Å². The van der Waals surface area contributed by atoms with Crippen LogP contribution in [-0.2, 0) is 6.54 Å². The molecule has 1 aromatic rings. The Morgan fingerprint density at radius 2 is 2.31 bits per heavy atom. The van der Waals surface area contributed by atoms with E-state index in [0.29, 0.717) is 12.2 Å². The van der Waals surface area contributed by atoms with Gasteiger partial charge in [0.25, 0.3) is 0 Å². The molecule has 0 aliphatic heterocycles. The molecule has 0 unspecified atom stereocenters. The van der Waals surface area contributed by atoms with Crippen LogP contribution in [0.25, 0.3) is 0 Å². The van der Waals surface area contributed by atoms with Gasteiger partial charge in [0.15, 0.2) is 0 Å². The quantitative estimate of drug-likeness (QED) is 0.601. The highest BCUT2D eigenvalue weighted by atomic mass is 16.4. The lowest BCUT2D eigenvalue weighted by Crippen LogP contribution is -2.19. The summed E-state index contributed by atoms with van der Waals surface area (Å²) in [5.41, 5.74) is 8.20. The molecule has 0 saturated carbocycles. The van der Waals surface area contributed by atoms with Crippen molar-refractivity contribution in [2.75, 3.05) is 5.73 Å². The summed E-state index contributed by atoms with van der Waals surface area (Å²) in [6, 6.07) is 5.49. The Bertz CT molecular complexity index is 323. The standard InChI is InChI=1S/C9H12N2O2/c1-6-2-3-7(4-8(6)10)5-11-9(12)13/h2-4,11H,5,10H2,1H3,(H,12,13). The summed E-state index contributed by atoms with van der Waals surface area (Å²) in [5, 5.41) is 10.6. The molecule has 0 heterocycles. The monoisotopic (exact) mass is 180 g/mol. The van der Waals surface area contributed by atoms with Gasteiger partial charge in [-0.05, 0) is 24.1 Å². The van der Waals surface area contributed by atoms with Gasteiger partial charge < -0.3 is 16.2 Å². The van der Waals surface area contributed by atoms with Crippen LogP contribution in [0, 0.1) is 6.92 Å². The Balaban J connectivity index is 2.68. The number of hydrogen-bond acceptors (Lipinski definition) is 2. The number of aryl methyl sites for hydroxylation is 1. The van der Waals surface area contributed by atoms with Crippen LogP contribution in [0.4, 0.5) is 10.5 Å². The third-order valence-electron chi connectivity index (χ3n) is 1.79. The van der Waals surface area contributed by atoms with Crippen molar-refractivity contribution in [2.45, 2.75) is 13.5 Å². The number of rotatable bonds is 2. The fourth-order valence-electron chi connectivity index (χ4n) is 0.978. The Labute approximate surface area is 76.4 Å². The molecule has 0 aliphatic carbocycles. The zero-order chi connectivity index (χ0) is 9.84. The highest BCUT2D eigenvalue weighted by molar-refractivity contribution is 5.64. The molecule has 0 atom stereocenters. The van der Waals surface area contributed by atoms with Gasteiger partial charge in [0.1, 0.15) is 0 Å². The lowest BCUT2D eigenvalue weighted by molar-refractivity contribution is 0.194. The highest BCUT2D eigenvalue weighted by Crippen LogP contribution is 2.12. The number of hydrogen-bond donors (Lipinski definition) is 3.